The molecule has 124 valence electrons. The molecule has 9 nitrogen and oxygen atoms in total. The molecule has 0 radical (unpaired) electrons. The zero-order valence-corrected chi connectivity index (χ0v) is 13.3. The third kappa shape index (κ3) is 3.76. The molecular weight excluding hydrogens is 312 g/mol. The van der Waals surface area contributed by atoms with Crippen LogP contribution in [0.3, 0.4) is 0 Å². The van der Waals surface area contributed by atoms with Crippen molar-refractivity contribution in [1.82, 2.24) is 14.7 Å². The van der Waals surface area contributed by atoms with Gasteiger partial charge in [0.25, 0.3) is 10.0 Å². The van der Waals surface area contributed by atoms with Crippen LogP contribution >= 0.6 is 0 Å². The molecule has 0 aliphatic carbocycles. The Morgan fingerprint density at radius 3 is 2.77 bits per heavy atom. The normalized spacial score (nSPS) is 21.2. The SMILES string of the molecule is CC1(C)CC(OCCn2ccc(S(N)(=O)=O)n2)CN1C(=O)O. The highest BCUT2D eigenvalue weighted by molar-refractivity contribution is 7.89. The lowest BCUT2D eigenvalue weighted by molar-refractivity contribution is 0.0517. The average molecular weight is 332 g/mol. The Bertz CT molecular complexity index is 654. The van der Waals surface area contributed by atoms with Gasteiger partial charge in [0, 0.05) is 11.7 Å². The number of likely N-dealkylation sites (tertiary alicyclic amines) is 1. The van der Waals surface area contributed by atoms with Crippen LogP contribution in [0.15, 0.2) is 17.3 Å². The monoisotopic (exact) mass is 332 g/mol. The molecule has 1 unspecified atom stereocenters. The van der Waals surface area contributed by atoms with Crippen LogP contribution in [-0.4, -0.2) is 59.1 Å². The zero-order valence-electron chi connectivity index (χ0n) is 12.5. The van der Waals surface area contributed by atoms with E-state index in [1.54, 1.807) is 0 Å². The third-order valence-electron chi connectivity index (χ3n) is 3.66. The fourth-order valence-electron chi connectivity index (χ4n) is 2.56. The van der Waals surface area contributed by atoms with Crippen LogP contribution in [0, 0.1) is 0 Å². The van der Waals surface area contributed by atoms with Gasteiger partial charge in [-0.1, -0.05) is 0 Å². The standard InChI is InChI=1S/C12H20N4O5S/c1-12(2)7-9(8-16(12)11(17)18)21-6-5-15-4-3-10(14-15)22(13,19)20/h3-4,9H,5-8H2,1-2H3,(H,17,18)(H2,13,19,20). The van der Waals surface area contributed by atoms with Gasteiger partial charge in [-0.2, -0.15) is 5.10 Å². The maximum atomic E-state index is 11.1. The van der Waals surface area contributed by atoms with Crippen LogP contribution in [0.2, 0.25) is 0 Å². The molecule has 1 fully saturated rings. The molecule has 1 atom stereocenters. The van der Waals surface area contributed by atoms with Crippen LogP contribution in [0.25, 0.3) is 0 Å². The van der Waals surface area contributed by atoms with E-state index in [-0.39, 0.29) is 11.1 Å². The van der Waals surface area contributed by atoms with Crippen molar-refractivity contribution >= 4 is 16.1 Å². The number of carbonyl (C=O) groups is 1. The van der Waals surface area contributed by atoms with Gasteiger partial charge in [-0.05, 0) is 26.3 Å². The fraction of sp³-hybridized carbons (Fsp3) is 0.667. The molecule has 1 aliphatic heterocycles. The molecule has 1 amide bonds. The predicted molar refractivity (Wildman–Crippen MR) is 76.8 cm³/mol. The van der Waals surface area contributed by atoms with Crippen molar-refractivity contribution in [3.8, 4) is 0 Å². The molecule has 1 aliphatic rings. The van der Waals surface area contributed by atoms with Crippen LogP contribution in [0.4, 0.5) is 4.79 Å². The second kappa shape index (κ2) is 5.86. The summed E-state index contributed by atoms with van der Waals surface area (Å²) in [7, 11) is -3.80. The Labute approximate surface area is 128 Å². The maximum absolute atomic E-state index is 11.1. The molecule has 1 saturated heterocycles. The first kappa shape index (κ1) is 16.7. The van der Waals surface area contributed by atoms with Crippen LogP contribution < -0.4 is 5.14 Å². The number of nitrogens with two attached hydrogens (primary N) is 1. The minimum absolute atomic E-state index is 0.181. The molecule has 0 bridgehead atoms. The topological polar surface area (TPSA) is 128 Å². The number of amides is 1. The van der Waals surface area contributed by atoms with E-state index in [2.05, 4.69) is 5.10 Å². The highest BCUT2D eigenvalue weighted by Gasteiger charge is 2.41. The molecule has 2 heterocycles. The zero-order chi connectivity index (χ0) is 16.5. The number of aromatic nitrogens is 2. The van der Waals surface area contributed by atoms with E-state index in [4.69, 9.17) is 15.0 Å². The molecule has 10 heteroatoms. The van der Waals surface area contributed by atoms with Crippen molar-refractivity contribution in [2.45, 2.75) is 43.5 Å². The average Bonchev–Trinajstić information content (AvgIpc) is 2.93. The quantitative estimate of drug-likeness (QED) is 0.786. The van der Waals surface area contributed by atoms with Gasteiger partial charge in [-0.3, -0.25) is 4.68 Å². The van der Waals surface area contributed by atoms with Crippen LogP contribution in [0.1, 0.15) is 20.3 Å². The van der Waals surface area contributed by atoms with E-state index in [0.717, 1.165) is 0 Å². The Morgan fingerprint density at radius 1 is 1.59 bits per heavy atom. The fourth-order valence-corrected chi connectivity index (χ4v) is 3.03. The van der Waals surface area contributed by atoms with Crippen molar-refractivity contribution in [3.05, 3.63) is 12.3 Å². The summed E-state index contributed by atoms with van der Waals surface area (Å²) in [5.41, 5.74) is -0.455. The second-order valence-electron chi connectivity index (χ2n) is 5.86. The summed E-state index contributed by atoms with van der Waals surface area (Å²) in [6, 6.07) is 1.32. The minimum Gasteiger partial charge on any atom is -0.465 e. The van der Waals surface area contributed by atoms with Gasteiger partial charge in [-0.25, -0.2) is 18.4 Å². The largest absolute Gasteiger partial charge is 0.465 e. The number of ether oxygens (including phenoxy) is 1. The Kier molecular flexibility index (Phi) is 4.45. The molecular formula is C12H20N4O5S. The Hall–Kier alpha value is -1.65. The van der Waals surface area contributed by atoms with Crippen molar-refractivity contribution < 1.29 is 23.1 Å². The lowest BCUT2D eigenvalue weighted by Gasteiger charge is -2.27. The van der Waals surface area contributed by atoms with Gasteiger partial charge >= 0.3 is 6.09 Å². The van der Waals surface area contributed by atoms with Crippen molar-refractivity contribution in [1.29, 1.82) is 0 Å². The van der Waals surface area contributed by atoms with E-state index in [9.17, 15) is 13.2 Å². The van der Waals surface area contributed by atoms with E-state index < -0.39 is 21.7 Å². The molecule has 2 rings (SSSR count). The molecule has 0 saturated carbocycles. The minimum atomic E-state index is -3.80. The molecule has 22 heavy (non-hydrogen) atoms. The first-order valence-electron chi connectivity index (χ1n) is 6.78. The summed E-state index contributed by atoms with van der Waals surface area (Å²) in [6.07, 6.45) is 0.979. The Morgan fingerprint density at radius 2 is 2.27 bits per heavy atom. The molecule has 1 aromatic rings. The lowest BCUT2D eigenvalue weighted by atomic mass is 10.0. The smallest absolute Gasteiger partial charge is 0.407 e. The maximum Gasteiger partial charge on any atom is 0.407 e. The van der Waals surface area contributed by atoms with E-state index in [1.165, 1.54) is 21.8 Å². The van der Waals surface area contributed by atoms with E-state index >= 15 is 0 Å². The Balaban J connectivity index is 1.85. The van der Waals surface area contributed by atoms with Gasteiger partial charge in [0.05, 0.1) is 25.8 Å². The number of rotatable bonds is 5. The predicted octanol–water partition coefficient (Wildman–Crippen LogP) is 0.0780. The summed E-state index contributed by atoms with van der Waals surface area (Å²) >= 11 is 0. The molecule has 0 aromatic carbocycles. The van der Waals surface area contributed by atoms with E-state index in [0.29, 0.717) is 26.1 Å². The van der Waals surface area contributed by atoms with Gasteiger partial charge in [0.1, 0.15) is 0 Å². The van der Waals surface area contributed by atoms with E-state index in [1.807, 2.05) is 13.8 Å². The van der Waals surface area contributed by atoms with Crippen molar-refractivity contribution in [3.63, 3.8) is 0 Å². The van der Waals surface area contributed by atoms with Gasteiger partial charge in [-0.15, -0.1) is 0 Å². The number of hydrogen-bond acceptors (Lipinski definition) is 5. The highest BCUT2D eigenvalue weighted by Crippen LogP contribution is 2.30. The summed E-state index contributed by atoms with van der Waals surface area (Å²) < 4.78 is 29.3. The number of carboxylic acid groups (broad SMARTS) is 1. The van der Waals surface area contributed by atoms with Crippen LogP contribution in [-0.2, 0) is 21.3 Å². The summed E-state index contributed by atoms with van der Waals surface area (Å²) in [6.45, 7) is 4.70. The second-order valence-corrected chi connectivity index (χ2v) is 7.37. The lowest BCUT2D eigenvalue weighted by Crippen LogP contribution is -2.41. The first-order valence-corrected chi connectivity index (χ1v) is 8.33. The van der Waals surface area contributed by atoms with Crippen LogP contribution in [0.5, 0.6) is 0 Å². The number of nitrogens with zero attached hydrogens (tertiary/aromatic N) is 3. The summed E-state index contributed by atoms with van der Waals surface area (Å²) in [5, 5.41) is 17.8. The molecule has 1 aromatic heterocycles. The van der Waals surface area contributed by atoms with Gasteiger partial charge < -0.3 is 14.7 Å². The van der Waals surface area contributed by atoms with Gasteiger partial charge in [0.15, 0.2) is 5.03 Å². The van der Waals surface area contributed by atoms with Crippen molar-refractivity contribution in [2.75, 3.05) is 13.2 Å². The summed E-state index contributed by atoms with van der Waals surface area (Å²) in [4.78, 5) is 12.5. The number of hydrogen-bond donors (Lipinski definition) is 2. The molecule has 0 spiro atoms. The first-order chi connectivity index (χ1) is 10.1. The highest BCUT2D eigenvalue weighted by atomic mass is 32.2. The number of sulfonamides is 1. The third-order valence-corrected chi connectivity index (χ3v) is 4.46. The van der Waals surface area contributed by atoms with Gasteiger partial charge in [0.2, 0.25) is 0 Å². The van der Waals surface area contributed by atoms with Crippen molar-refractivity contribution in [2.24, 2.45) is 5.14 Å². The number of primary sulfonamides is 1. The summed E-state index contributed by atoms with van der Waals surface area (Å²) in [5.74, 6) is 0. The molecule has 3 N–H and O–H groups in total.